The molecule has 0 unspecified atom stereocenters. The van der Waals surface area contributed by atoms with Crippen LogP contribution in [0.4, 0.5) is 0 Å². The molecule has 1 aliphatic rings. The Morgan fingerprint density at radius 2 is 2.25 bits per heavy atom. The highest BCUT2D eigenvalue weighted by Crippen LogP contribution is 2.15. The van der Waals surface area contributed by atoms with Crippen LogP contribution in [0, 0.1) is 0 Å². The quantitative estimate of drug-likeness (QED) is 0.796. The normalized spacial score (nSPS) is 16.8. The molecule has 0 spiro atoms. The lowest BCUT2D eigenvalue weighted by Crippen LogP contribution is -2.33. The van der Waals surface area contributed by atoms with Gasteiger partial charge < -0.3 is 14.6 Å². The van der Waals surface area contributed by atoms with Gasteiger partial charge in [0.2, 0.25) is 5.91 Å². The molecule has 0 atom stereocenters. The van der Waals surface area contributed by atoms with E-state index in [1.807, 2.05) is 0 Å². The highest BCUT2D eigenvalue weighted by Gasteiger charge is 2.21. The highest BCUT2D eigenvalue weighted by molar-refractivity contribution is 6.29. The molecule has 1 aliphatic heterocycles. The van der Waals surface area contributed by atoms with Crippen LogP contribution in [0.3, 0.4) is 0 Å². The Labute approximate surface area is 97.3 Å². The second-order valence-corrected chi connectivity index (χ2v) is 3.87. The van der Waals surface area contributed by atoms with Crippen molar-refractivity contribution in [3.05, 3.63) is 23.1 Å². The first-order valence-corrected chi connectivity index (χ1v) is 5.36. The lowest BCUT2D eigenvalue weighted by molar-refractivity contribution is -0.120. The van der Waals surface area contributed by atoms with Crippen molar-refractivity contribution in [1.29, 1.82) is 0 Å². The summed E-state index contributed by atoms with van der Waals surface area (Å²) in [6, 6.07) is 3.06. The maximum Gasteiger partial charge on any atom is 0.289 e. The lowest BCUT2D eigenvalue weighted by Gasteiger charge is -2.17. The van der Waals surface area contributed by atoms with Gasteiger partial charge in [0.05, 0.1) is 0 Å². The van der Waals surface area contributed by atoms with Crippen molar-refractivity contribution in [2.24, 2.45) is 0 Å². The molecule has 1 aromatic heterocycles. The molecule has 5 nitrogen and oxygen atoms in total. The molecule has 2 amide bonds. The summed E-state index contributed by atoms with van der Waals surface area (Å²) in [4.78, 5) is 24.6. The smallest absolute Gasteiger partial charge is 0.289 e. The molecule has 1 aromatic rings. The van der Waals surface area contributed by atoms with E-state index in [4.69, 9.17) is 16.0 Å². The van der Waals surface area contributed by atoms with E-state index in [1.165, 1.54) is 12.1 Å². The largest absolute Gasteiger partial charge is 0.440 e. The van der Waals surface area contributed by atoms with Gasteiger partial charge in [-0.05, 0) is 23.7 Å². The average Bonchev–Trinajstić information content (AvgIpc) is 2.57. The predicted molar refractivity (Wildman–Crippen MR) is 57.2 cm³/mol. The molecule has 86 valence electrons. The molecular weight excluding hydrogens is 232 g/mol. The SMILES string of the molecule is O=C1CCN(C(=O)c2ccc(Cl)o2)CCN1. The van der Waals surface area contributed by atoms with Crippen LogP contribution >= 0.6 is 11.6 Å². The first-order chi connectivity index (χ1) is 7.66. The molecular formula is C10H11ClN2O3. The third-order valence-electron chi connectivity index (χ3n) is 2.38. The molecule has 16 heavy (non-hydrogen) atoms. The summed E-state index contributed by atoms with van der Waals surface area (Å²) in [6.07, 6.45) is 0.320. The maximum atomic E-state index is 11.9. The average molecular weight is 243 g/mol. The minimum atomic E-state index is -0.233. The number of hydrogen-bond donors (Lipinski definition) is 1. The molecule has 0 aliphatic carbocycles. The molecule has 1 fully saturated rings. The number of halogens is 1. The summed E-state index contributed by atoms with van der Waals surface area (Å²) >= 11 is 5.59. The van der Waals surface area contributed by atoms with Crippen molar-refractivity contribution in [3.8, 4) is 0 Å². The first kappa shape index (κ1) is 11.0. The van der Waals surface area contributed by atoms with Crippen LogP contribution in [0.5, 0.6) is 0 Å². The molecule has 1 N–H and O–H groups in total. The van der Waals surface area contributed by atoms with Gasteiger partial charge in [-0.1, -0.05) is 0 Å². The Kier molecular flexibility index (Phi) is 3.14. The third-order valence-corrected chi connectivity index (χ3v) is 2.59. The maximum absolute atomic E-state index is 11.9. The van der Waals surface area contributed by atoms with E-state index in [9.17, 15) is 9.59 Å². The standard InChI is InChI=1S/C10H11ClN2O3/c11-8-2-1-7(16-8)10(15)13-5-3-9(14)12-4-6-13/h1-2H,3-6H2,(H,12,14). The van der Waals surface area contributed by atoms with Gasteiger partial charge in [-0.25, -0.2) is 0 Å². The van der Waals surface area contributed by atoms with Gasteiger partial charge in [0.15, 0.2) is 11.0 Å². The Balaban J connectivity index is 2.06. The fourth-order valence-corrected chi connectivity index (χ4v) is 1.70. The van der Waals surface area contributed by atoms with E-state index < -0.39 is 0 Å². The van der Waals surface area contributed by atoms with Gasteiger partial charge in [0, 0.05) is 26.1 Å². The predicted octanol–water partition coefficient (Wildman–Crippen LogP) is 0.895. The second-order valence-electron chi connectivity index (χ2n) is 3.50. The Bertz CT molecular complexity index is 416. The molecule has 0 saturated carbocycles. The van der Waals surface area contributed by atoms with E-state index in [-0.39, 0.29) is 22.8 Å². The van der Waals surface area contributed by atoms with E-state index in [0.29, 0.717) is 26.1 Å². The molecule has 2 rings (SSSR count). The first-order valence-electron chi connectivity index (χ1n) is 4.98. The van der Waals surface area contributed by atoms with Crippen molar-refractivity contribution < 1.29 is 14.0 Å². The van der Waals surface area contributed by atoms with Gasteiger partial charge in [-0.2, -0.15) is 0 Å². The third kappa shape index (κ3) is 2.36. The topological polar surface area (TPSA) is 62.6 Å². The van der Waals surface area contributed by atoms with Crippen LogP contribution < -0.4 is 5.32 Å². The van der Waals surface area contributed by atoms with Crippen molar-refractivity contribution >= 4 is 23.4 Å². The minimum absolute atomic E-state index is 0.0345. The zero-order chi connectivity index (χ0) is 11.5. The summed E-state index contributed by atoms with van der Waals surface area (Å²) in [5.74, 6) is -0.0597. The summed E-state index contributed by atoms with van der Waals surface area (Å²) in [5, 5.41) is 2.88. The summed E-state index contributed by atoms with van der Waals surface area (Å²) in [7, 11) is 0. The van der Waals surface area contributed by atoms with Gasteiger partial charge in [0.1, 0.15) is 0 Å². The fourth-order valence-electron chi connectivity index (χ4n) is 1.56. The number of carbonyl (C=O) groups excluding carboxylic acids is 2. The zero-order valence-corrected chi connectivity index (χ0v) is 9.29. The van der Waals surface area contributed by atoms with Crippen LogP contribution in [-0.2, 0) is 4.79 Å². The number of nitrogens with one attached hydrogen (secondary N) is 1. The van der Waals surface area contributed by atoms with Crippen molar-refractivity contribution in [1.82, 2.24) is 10.2 Å². The minimum Gasteiger partial charge on any atom is -0.440 e. The lowest BCUT2D eigenvalue weighted by atomic mass is 10.3. The number of amides is 2. The van der Waals surface area contributed by atoms with Crippen LogP contribution in [0.15, 0.2) is 16.5 Å². The van der Waals surface area contributed by atoms with Gasteiger partial charge in [-0.15, -0.1) is 0 Å². The number of furan rings is 1. The molecule has 0 radical (unpaired) electrons. The number of hydrogen-bond acceptors (Lipinski definition) is 3. The van der Waals surface area contributed by atoms with Crippen LogP contribution in [0.25, 0.3) is 0 Å². The van der Waals surface area contributed by atoms with Crippen molar-refractivity contribution in [2.75, 3.05) is 19.6 Å². The van der Waals surface area contributed by atoms with Gasteiger partial charge in [0.25, 0.3) is 5.91 Å². The summed E-state index contributed by atoms with van der Waals surface area (Å²) in [5.41, 5.74) is 0. The molecule has 6 heteroatoms. The van der Waals surface area contributed by atoms with E-state index in [2.05, 4.69) is 5.32 Å². The van der Waals surface area contributed by atoms with E-state index in [0.717, 1.165) is 0 Å². The molecule has 2 heterocycles. The van der Waals surface area contributed by atoms with Crippen LogP contribution in [0.1, 0.15) is 17.0 Å². The second kappa shape index (κ2) is 4.57. The van der Waals surface area contributed by atoms with Crippen LogP contribution in [0.2, 0.25) is 5.22 Å². The van der Waals surface area contributed by atoms with Gasteiger partial charge in [-0.3, -0.25) is 9.59 Å². The Morgan fingerprint density at radius 1 is 1.44 bits per heavy atom. The number of rotatable bonds is 1. The van der Waals surface area contributed by atoms with Crippen molar-refractivity contribution in [3.63, 3.8) is 0 Å². The van der Waals surface area contributed by atoms with E-state index >= 15 is 0 Å². The Morgan fingerprint density at radius 3 is 2.94 bits per heavy atom. The number of nitrogens with zero attached hydrogens (tertiary/aromatic N) is 1. The molecule has 0 aromatic carbocycles. The monoisotopic (exact) mass is 242 g/mol. The summed E-state index contributed by atoms with van der Waals surface area (Å²) < 4.78 is 5.04. The van der Waals surface area contributed by atoms with Crippen LogP contribution in [-0.4, -0.2) is 36.3 Å². The Hall–Kier alpha value is -1.49. The van der Waals surface area contributed by atoms with E-state index in [1.54, 1.807) is 4.90 Å². The summed E-state index contributed by atoms with van der Waals surface area (Å²) in [6.45, 7) is 1.37. The number of carbonyl (C=O) groups is 2. The molecule has 1 saturated heterocycles. The highest BCUT2D eigenvalue weighted by atomic mass is 35.5. The fraction of sp³-hybridized carbons (Fsp3) is 0.400. The van der Waals surface area contributed by atoms with Crippen molar-refractivity contribution in [2.45, 2.75) is 6.42 Å². The zero-order valence-electron chi connectivity index (χ0n) is 8.53. The molecule has 0 bridgehead atoms. The van der Waals surface area contributed by atoms with Gasteiger partial charge >= 0.3 is 0 Å².